The summed E-state index contributed by atoms with van der Waals surface area (Å²) in [4.78, 5) is 24.1. The highest BCUT2D eigenvalue weighted by molar-refractivity contribution is 9.10. The molecule has 0 fully saturated rings. The van der Waals surface area contributed by atoms with Gasteiger partial charge in [-0.3, -0.25) is 4.79 Å². The molecule has 0 aliphatic rings. The molecule has 0 aliphatic carbocycles. The first-order valence-corrected chi connectivity index (χ1v) is 12.0. The van der Waals surface area contributed by atoms with Crippen LogP contribution in [0, 0.1) is 6.92 Å². The molecular formula is C23H20BrN3O5S. The van der Waals surface area contributed by atoms with Crippen molar-refractivity contribution >= 4 is 44.0 Å². The number of amides is 1. The summed E-state index contributed by atoms with van der Waals surface area (Å²) in [7, 11) is -3.79. The van der Waals surface area contributed by atoms with E-state index >= 15 is 0 Å². The summed E-state index contributed by atoms with van der Waals surface area (Å²) in [5.41, 5.74) is 4.24. The number of hydrazone groups is 1. The van der Waals surface area contributed by atoms with Crippen LogP contribution < -0.4 is 14.9 Å². The Kier molecular flexibility index (Phi) is 8.10. The molecule has 0 atom stereocenters. The van der Waals surface area contributed by atoms with E-state index in [1.54, 1.807) is 60.7 Å². The number of nitrogens with one attached hydrogen (secondary N) is 2. The molecule has 3 aromatic rings. The number of ether oxygens (including phenoxy) is 1. The third-order valence-corrected chi connectivity index (χ3v) is 6.27. The minimum atomic E-state index is -3.79. The first-order chi connectivity index (χ1) is 15.7. The van der Waals surface area contributed by atoms with Crippen molar-refractivity contribution in [3.05, 3.63) is 94.0 Å². The number of halogens is 1. The van der Waals surface area contributed by atoms with Crippen molar-refractivity contribution in [3.63, 3.8) is 0 Å². The van der Waals surface area contributed by atoms with Gasteiger partial charge in [-0.1, -0.05) is 33.6 Å². The van der Waals surface area contributed by atoms with Crippen LogP contribution in [0.4, 0.5) is 0 Å². The lowest BCUT2D eigenvalue weighted by Gasteiger charge is -2.06. The van der Waals surface area contributed by atoms with E-state index in [9.17, 15) is 18.0 Å². The van der Waals surface area contributed by atoms with E-state index in [0.717, 1.165) is 10.0 Å². The van der Waals surface area contributed by atoms with Gasteiger partial charge in [0.1, 0.15) is 5.75 Å². The highest BCUT2D eigenvalue weighted by atomic mass is 79.9. The number of esters is 1. The molecular weight excluding hydrogens is 510 g/mol. The van der Waals surface area contributed by atoms with Gasteiger partial charge in [0.15, 0.2) is 0 Å². The predicted octanol–water partition coefficient (Wildman–Crippen LogP) is 3.41. The van der Waals surface area contributed by atoms with Gasteiger partial charge in [-0.2, -0.15) is 5.10 Å². The maximum absolute atomic E-state index is 12.2. The van der Waals surface area contributed by atoms with E-state index in [1.807, 2.05) is 6.92 Å². The number of aryl methyl sites for hydroxylation is 1. The van der Waals surface area contributed by atoms with E-state index in [-0.39, 0.29) is 4.90 Å². The molecule has 0 saturated carbocycles. The molecule has 170 valence electrons. The number of benzene rings is 3. The van der Waals surface area contributed by atoms with E-state index < -0.39 is 28.4 Å². The van der Waals surface area contributed by atoms with Gasteiger partial charge in [0.2, 0.25) is 10.0 Å². The normalized spacial score (nSPS) is 11.3. The Labute approximate surface area is 199 Å². The number of carbonyl (C=O) groups excluding carboxylic acids is 2. The summed E-state index contributed by atoms with van der Waals surface area (Å²) in [5, 5.41) is 3.80. The van der Waals surface area contributed by atoms with E-state index in [0.29, 0.717) is 16.9 Å². The molecule has 3 rings (SSSR count). The third kappa shape index (κ3) is 7.35. The van der Waals surface area contributed by atoms with Crippen LogP contribution in [0.2, 0.25) is 0 Å². The molecule has 1 amide bonds. The quantitative estimate of drug-likeness (QED) is 0.201. The molecule has 3 aromatic carbocycles. The molecule has 0 saturated heterocycles. The predicted molar refractivity (Wildman–Crippen MR) is 128 cm³/mol. The second kappa shape index (κ2) is 11.0. The van der Waals surface area contributed by atoms with Crippen LogP contribution in [0.15, 0.2) is 87.3 Å². The molecule has 2 N–H and O–H groups in total. The van der Waals surface area contributed by atoms with E-state index in [4.69, 9.17) is 4.74 Å². The van der Waals surface area contributed by atoms with Crippen molar-refractivity contribution in [1.29, 1.82) is 0 Å². The Morgan fingerprint density at radius 3 is 2.24 bits per heavy atom. The summed E-state index contributed by atoms with van der Waals surface area (Å²) in [6, 6.07) is 19.6. The van der Waals surface area contributed by atoms with Crippen LogP contribution in [0.5, 0.6) is 5.75 Å². The minimum absolute atomic E-state index is 0.0744. The van der Waals surface area contributed by atoms with Crippen LogP contribution in [-0.4, -0.2) is 33.1 Å². The minimum Gasteiger partial charge on any atom is -0.423 e. The Morgan fingerprint density at radius 2 is 1.61 bits per heavy atom. The highest BCUT2D eigenvalue weighted by Gasteiger charge is 2.15. The van der Waals surface area contributed by atoms with Crippen LogP contribution in [0.25, 0.3) is 0 Å². The van der Waals surface area contributed by atoms with Crippen LogP contribution in [0.3, 0.4) is 0 Å². The first kappa shape index (κ1) is 24.3. The smallest absolute Gasteiger partial charge is 0.343 e. The van der Waals surface area contributed by atoms with Crippen molar-refractivity contribution in [2.45, 2.75) is 11.8 Å². The summed E-state index contributed by atoms with van der Waals surface area (Å²) >= 11 is 3.31. The molecule has 10 heteroatoms. The Hall–Kier alpha value is -3.34. The largest absolute Gasteiger partial charge is 0.423 e. The second-order valence-electron chi connectivity index (χ2n) is 6.90. The van der Waals surface area contributed by atoms with E-state index in [1.165, 1.54) is 18.3 Å². The maximum Gasteiger partial charge on any atom is 0.343 e. The van der Waals surface area contributed by atoms with Crippen molar-refractivity contribution in [1.82, 2.24) is 10.1 Å². The first-order valence-electron chi connectivity index (χ1n) is 9.69. The topological polar surface area (TPSA) is 114 Å². The van der Waals surface area contributed by atoms with Crippen molar-refractivity contribution < 1.29 is 22.7 Å². The molecule has 0 spiro atoms. The molecule has 0 aliphatic heterocycles. The monoisotopic (exact) mass is 529 g/mol. The standard InChI is InChI=1S/C23H20BrN3O5S/c1-16-2-12-21(13-3-16)33(30,31)26-15-22(28)27-25-14-17-4-10-20(11-5-17)32-23(29)18-6-8-19(24)9-7-18/h2-14,26H,15H2,1H3,(H,27,28)/b25-14-. The number of hydrogen-bond donors (Lipinski definition) is 2. The fraction of sp³-hybridized carbons (Fsp3) is 0.0870. The van der Waals surface area contributed by atoms with Gasteiger partial charge in [-0.15, -0.1) is 0 Å². The number of hydrogen-bond acceptors (Lipinski definition) is 6. The molecule has 0 unspecified atom stereocenters. The van der Waals surface area contributed by atoms with Crippen molar-refractivity contribution in [2.24, 2.45) is 5.10 Å². The molecule has 0 aromatic heterocycles. The van der Waals surface area contributed by atoms with Crippen LogP contribution >= 0.6 is 15.9 Å². The Bertz CT molecular complexity index is 1260. The summed E-state index contributed by atoms with van der Waals surface area (Å²) in [5.74, 6) is -0.749. The lowest BCUT2D eigenvalue weighted by Crippen LogP contribution is -2.34. The van der Waals surface area contributed by atoms with Crippen molar-refractivity contribution in [3.8, 4) is 5.75 Å². The average molecular weight is 530 g/mol. The Morgan fingerprint density at radius 1 is 0.970 bits per heavy atom. The number of carbonyl (C=O) groups is 2. The van der Waals surface area contributed by atoms with Gasteiger partial charge in [0, 0.05) is 4.47 Å². The molecule has 0 heterocycles. The SMILES string of the molecule is Cc1ccc(S(=O)(=O)NCC(=O)N/N=C\c2ccc(OC(=O)c3ccc(Br)cc3)cc2)cc1. The van der Waals surface area contributed by atoms with Gasteiger partial charge in [-0.25, -0.2) is 23.4 Å². The second-order valence-corrected chi connectivity index (χ2v) is 9.58. The number of rotatable bonds is 8. The molecule has 33 heavy (non-hydrogen) atoms. The zero-order valence-corrected chi connectivity index (χ0v) is 19.9. The van der Waals surface area contributed by atoms with E-state index in [2.05, 4.69) is 31.2 Å². The van der Waals surface area contributed by atoms with Gasteiger partial charge < -0.3 is 4.74 Å². The van der Waals surface area contributed by atoms with Crippen LogP contribution in [-0.2, 0) is 14.8 Å². The van der Waals surface area contributed by atoms with Gasteiger partial charge in [0.05, 0.1) is 23.2 Å². The molecule has 8 nitrogen and oxygen atoms in total. The van der Waals surface area contributed by atoms with Crippen molar-refractivity contribution in [2.75, 3.05) is 6.54 Å². The lowest BCUT2D eigenvalue weighted by atomic mass is 10.2. The summed E-state index contributed by atoms with van der Waals surface area (Å²) in [6.45, 7) is 1.39. The lowest BCUT2D eigenvalue weighted by molar-refractivity contribution is -0.119. The van der Waals surface area contributed by atoms with Gasteiger partial charge >= 0.3 is 5.97 Å². The summed E-state index contributed by atoms with van der Waals surface area (Å²) in [6.07, 6.45) is 1.38. The third-order valence-electron chi connectivity index (χ3n) is 4.33. The zero-order chi connectivity index (χ0) is 23.8. The Balaban J connectivity index is 1.47. The highest BCUT2D eigenvalue weighted by Crippen LogP contribution is 2.15. The number of sulfonamides is 1. The molecule has 0 radical (unpaired) electrons. The van der Waals surface area contributed by atoms with Crippen LogP contribution in [0.1, 0.15) is 21.5 Å². The fourth-order valence-corrected chi connectivity index (χ4v) is 3.80. The average Bonchev–Trinajstić information content (AvgIpc) is 2.80. The van der Waals surface area contributed by atoms with Gasteiger partial charge in [0.25, 0.3) is 5.91 Å². The fourth-order valence-electron chi connectivity index (χ4n) is 2.55. The maximum atomic E-state index is 12.2. The number of nitrogens with zero attached hydrogens (tertiary/aromatic N) is 1. The zero-order valence-electron chi connectivity index (χ0n) is 17.5. The summed E-state index contributed by atoms with van der Waals surface area (Å²) < 4.78 is 32.8. The molecule has 0 bridgehead atoms. The van der Waals surface area contributed by atoms with Gasteiger partial charge in [-0.05, 0) is 73.2 Å².